The Labute approximate surface area is 214 Å². The Kier molecular flexibility index (Phi) is 10.2. The predicted octanol–water partition coefficient (Wildman–Crippen LogP) is 4.74. The fraction of sp³-hybridized carbons (Fsp3) is 0.462. The summed E-state index contributed by atoms with van der Waals surface area (Å²) in [6.07, 6.45) is 2.01. The number of carboxylic acid groups (broad SMARTS) is 1. The molecule has 0 bridgehead atoms. The zero-order valence-corrected chi connectivity index (χ0v) is 21.8. The average molecular weight is 520 g/mol. The van der Waals surface area contributed by atoms with E-state index in [0.29, 0.717) is 19.3 Å². The third kappa shape index (κ3) is 7.13. The number of nitrogen functional groups attached to an aromatic ring is 1. The standard InChI is InChI=1S/C26H34FN3O5S/c1-5-15(4)19(13-22(31)32)30-25(34)26(6-2,7-3)14-17-9-11-21(36-17)24(33)35-20-10-8-16(23(28)29)12-18(20)27/h8-12,15,19H,5-7,13-14H2,1-4H3,(H3,28,29)(H,30,34)(H,31,32)/t15?,19-/m0/s1. The summed E-state index contributed by atoms with van der Waals surface area (Å²) in [5, 5.41) is 19.6. The Bertz CT molecular complexity index is 1110. The van der Waals surface area contributed by atoms with Crippen molar-refractivity contribution < 1.29 is 28.6 Å². The van der Waals surface area contributed by atoms with Gasteiger partial charge in [-0.15, -0.1) is 11.3 Å². The first-order chi connectivity index (χ1) is 17.0. The van der Waals surface area contributed by atoms with Crippen molar-refractivity contribution in [2.45, 2.75) is 65.8 Å². The highest BCUT2D eigenvalue weighted by Gasteiger charge is 2.37. The third-order valence-corrected chi connectivity index (χ3v) is 7.76. The van der Waals surface area contributed by atoms with Crippen LogP contribution in [0.1, 0.15) is 73.5 Å². The number of thiophene rings is 1. The van der Waals surface area contributed by atoms with Gasteiger partial charge in [0.15, 0.2) is 11.6 Å². The second-order valence-corrected chi connectivity index (χ2v) is 10.1. The lowest BCUT2D eigenvalue weighted by molar-refractivity contribution is -0.139. The van der Waals surface area contributed by atoms with Crippen LogP contribution in [0.5, 0.6) is 5.75 Å². The number of carbonyl (C=O) groups excluding carboxylic acids is 2. The highest BCUT2D eigenvalue weighted by atomic mass is 32.1. The lowest BCUT2D eigenvalue weighted by Crippen LogP contribution is -2.49. The molecule has 1 amide bonds. The van der Waals surface area contributed by atoms with Crippen molar-refractivity contribution in [2.24, 2.45) is 17.1 Å². The first kappa shape index (κ1) is 29.0. The van der Waals surface area contributed by atoms with Gasteiger partial charge in [0, 0.05) is 16.5 Å². The molecule has 0 spiro atoms. The van der Waals surface area contributed by atoms with E-state index in [2.05, 4.69) is 5.32 Å². The number of aliphatic carboxylic acids is 1. The van der Waals surface area contributed by atoms with Crippen LogP contribution in [0.15, 0.2) is 30.3 Å². The molecular formula is C26H34FN3O5S. The zero-order valence-electron chi connectivity index (χ0n) is 21.0. The highest BCUT2D eigenvalue weighted by molar-refractivity contribution is 7.14. The summed E-state index contributed by atoms with van der Waals surface area (Å²) in [7, 11) is 0. The van der Waals surface area contributed by atoms with E-state index in [9.17, 15) is 23.9 Å². The summed E-state index contributed by atoms with van der Waals surface area (Å²) in [5.74, 6) is -3.28. The van der Waals surface area contributed by atoms with E-state index in [1.165, 1.54) is 12.1 Å². The minimum absolute atomic E-state index is 0.00415. The molecule has 0 aliphatic heterocycles. The summed E-state index contributed by atoms with van der Waals surface area (Å²) in [5.41, 5.74) is 4.75. The van der Waals surface area contributed by atoms with Crippen molar-refractivity contribution in [2.75, 3.05) is 0 Å². The first-order valence-corrected chi connectivity index (χ1v) is 12.8. The molecule has 0 saturated carbocycles. The van der Waals surface area contributed by atoms with Crippen LogP contribution in [0, 0.1) is 22.6 Å². The average Bonchev–Trinajstić information content (AvgIpc) is 3.30. The number of amidine groups is 1. The number of nitrogens with two attached hydrogens (primary N) is 1. The summed E-state index contributed by atoms with van der Waals surface area (Å²) in [6, 6.07) is 6.50. The van der Waals surface area contributed by atoms with E-state index in [1.807, 2.05) is 27.7 Å². The molecule has 1 aromatic heterocycles. The fourth-order valence-electron chi connectivity index (χ4n) is 3.91. The molecule has 5 N–H and O–H groups in total. The molecule has 2 aromatic rings. The minimum Gasteiger partial charge on any atom is -0.481 e. The molecule has 2 rings (SSSR count). The molecule has 0 aliphatic carbocycles. The van der Waals surface area contributed by atoms with Crippen molar-refractivity contribution in [1.82, 2.24) is 5.32 Å². The van der Waals surface area contributed by atoms with Gasteiger partial charge in [0.1, 0.15) is 10.7 Å². The number of carboxylic acids is 1. The smallest absolute Gasteiger partial charge is 0.353 e. The Morgan fingerprint density at radius 2 is 1.86 bits per heavy atom. The maximum absolute atomic E-state index is 14.3. The van der Waals surface area contributed by atoms with Crippen LogP contribution in [0.3, 0.4) is 0 Å². The van der Waals surface area contributed by atoms with Crippen molar-refractivity contribution in [1.29, 1.82) is 5.41 Å². The highest BCUT2D eigenvalue weighted by Crippen LogP contribution is 2.35. The van der Waals surface area contributed by atoms with Gasteiger partial charge in [-0.1, -0.05) is 34.1 Å². The van der Waals surface area contributed by atoms with Crippen LogP contribution in [0.4, 0.5) is 4.39 Å². The molecule has 10 heteroatoms. The van der Waals surface area contributed by atoms with Crippen molar-refractivity contribution in [3.05, 3.63) is 51.5 Å². The van der Waals surface area contributed by atoms with E-state index >= 15 is 0 Å². The summed E-state index contributed by atoms with van der Waals surface area (Å²) < 4.78 is 19.4. The maximum atomic E-state index is 14.3. The molecule has 0 aliphatic rings. The number of amides is 1. The molecule has 0 saturated heterocycles. The lowest BCUT2D eigenvalue weighted by atomic mass is 9.77. The lowest BCUT2D eigenvalue weighted by Gasteiger charge is -2.33. The van der Waals surface area contributed by atoms with Crippen LogP contribution in [0.25, 0.3) is 0 Å². The molecule has 8 nitrogen and oxygen atoms in total. The number of benzene rings is 1. The van der Waals surface area contributed by atoms with E-state index < -0.39 is 29.2 Å². The third-order valence-electron chi connectivity index (χ3n) is 6.70. The van der Waals surface area contributed by atoms with E-state index in [4.69, 9.17) is 15.9 Å². The zero-order chi connectivity index (χ0) is 27.0. The molecule has 0 radical (unpaired) electrons. The van der Waals surface area contributed by atoms with E-state index in [-0.39, 0.29) is 40.3 Å². The summed E-state index contributed by atoms with van der Waals surface area (Å²) >= 11 is 1.16. The Morgan fingerprint density at radius 1 is 1.19 bits per heavy atom. The van der Waals surface area contributed by atoms with Gasteiger partial charge in [0.05, 0.1) is 11.8 Å². The number of nitrogens with one attached hydrogen (secondary N) is 2. The van der Waals surface area contributed by atoms with Crippen molar-refractivity contribution in [3.8, 4) is 5.75 Å². The number of carbonyl (C=O) groups is 3. The predicted molar refractivity (Wildman–Crippen MR) is 137 cm³/mol. The van der Waals surface area contributed by atoms with Gasteiger partial charge in [-0.2, -0.15) is 0 Å². The molecule has 196 valence electrons. The topological polar surface area (TPSA) is 143 Å². The number of halogens is 1. The van der Waals surface area contributed by atoms with Crippen LogP contribution in [-0.4, -0.2) is 34.8 Å². The number of rotatable bonds is 13. The first-order valence-electron chi connectivity index (χ1n) is 11.9. The number of hydrogen-bond donors (Lipinski definition) is 4. The Morgan fingerprint density at radius 3 is 2.39 bits per heavy atom. The SMILES string of the molecule is CCC(C)[C@H](CC(=O)O)NC(=O)C(CC)(CC)Cc1ccc(C(=O)Oc2ccc(C(=N)N)cc2F)s1. The second kappa shape index (κ2) is 12.6. The Balaban J connectivity index is 2.18. The molecule has 0 fully saturated rings. The fourth-order valence-corrected chi connectivity index (χ4v) is 4.94. The molecule has 1 aromatic carbocycles. The van der Waals surface area contributed by atoms with Crippen LogP contribution < -0.4 is 15.8 Å². The summed E-state index contributed by atoms with van der Waals surface area (Å²) in [4.78, 5) is 38.4. The van der Waals surface area contributed by atoms with E-state index in [1.54, 1.807) is 12.1 Å². The van der Waals surface area contributed by atoms with Crippen LogP contribution in [0.2, 0.25) is 0 Å². The van der Waals surface area contributed by atoms with Gasteiger partial charge < -0.3 is 20.9 Å². The molecule has 36 heavy (non-hydrogen) atoms. The molecular weight excluding hydrogens is 485 g/mol. The second-order valence-electron chi connectivity index (χ2n) is 8.94. The number of esters is 1. The summed E-state index contributed by atoms with van der Waals surface area (Å²) in [6.45, 7) is 7.69. The molecule has 2 atom stereocenters. The largest absolute Gasteiger partial charge is 0.481 e. The number of ether oxygens (including phenoxy) is 1. The van der Waals surface area contributed by atoms with Gasteiger partial charge in [-0.25, -0.2) is 9.18 Å². The van der Waals surface area contributed by atoms with E-state index in [0.717, 1.165) is 28.7 Å². The number of hydrogen-bond acceptors (Lipinski definition) is 6. The normalized spacial score (nSPS) is 13.0. The van der Waals surface area contributed by atoms with Gasteiger partial charge in [0.25, 0.3) is 0 Å². The van der Waals surface area contributed by atoms with Gasteiger partial charge >= 0.3 is 11.9 Å². The van der Waals surface area contributed by atoms with Gasteiger partial charge in [-0.3, -0.25) is 15.0 Å². The van der Waals surface area contributed by atoms with Crippen molar-refractivity contribution >= 4 is 35.0 Å². The van der Waals surface area contributed by atoms with Crippen LogP contribution in [-0.2, 0) is 16.0 Å². The monoisotopic (exact) mass is 519 g/mol. The van der Waals surface area contributed by atoms with Crippen molar-refractivity contribution in [3.63, 3.8) is 0 Å². The maximum Gasteiger partial charge on any atom is 0.353 e. The quantitative estimate of drug-likeness (QED) is 0.130. The molecule has 1 unspecified atom stereocenters. The van der Waals surface area contributed by atoms with Gasteiger partial charge in [-0.05, 0) is 55.5 Å². The van der Waals surface area contributed by atoms with Gasteiger partial charge in [0.2, 0.25) is 5.91 Å². The van der Waals surface area contributed by atoms with Crippen LogP contribution >= 0.6 is 11.3 Å². The minimum atomic E-state index is -0.965. The molecule has 1 heterocycles. The Hall–Kier alpha value is -3.27.